The number of non-ortho nitro benzene ring substituents is 1. The van der Waals surface area contributed by atoms with Crippen molar-refractivity contribution in [3.63, 3.8) is 0 Å². The van der Waals surface area contributed by atoms with E-state index >= 15 is 0 Å². The number of nitrogens with one attached hydrogen (secondary N) is 1. The van der Waals surface area contributed by atoms with Gasteiger partial charge in [-0.1, -0.05) is 0 Å². The first-order valence-corrected chi connectivity index (χ1v) is 10.9. The highest BCUT2D eigenvalue weighted by Crippen LogP contribution is 2.23. The van der Waals surface area contributed by atoms with Gasteiger partial charge in [-0.3, -0.25) is 19.5 Å². The Morgan fingerprint density at radius 3 is 2.45 bits per heavy atom. The molecule has 11 nitrogen and oxygen atoms in total. The number of sulfonamides is 1. The van der Waals surface area contributed by atoms with Gasteiger partial charge in [0.05, 0.1) is 21.4 Å². The highest BCUT2D eigenvalue weighted by molar-refractivity contribution is 7.89. The van der Waals surface area contributed by atoms with E-state index in [-0.39, 0.29) is 28.2 Å². The summed E-state index contributed by atoms with van der Waals surface area (Å²) in [6, 6.07) is 9.45. The van der Waals surface area contributed by atoms with Gasteiger partial charge in [-0.25, -0.2) is 13.2 Å². The molecule has 1 aliphatic rings. The Kier molecular flexibility index (Phi) is 5.33. The number of nitro groups is 1. The van der Waals surface area contributed by atoms with E-state index < -0.39 is 26.6 Å². The topological polar surface area (TPSA) is 145 Å². The summed E-state index contributed by atoms with van der Waals surface area (Å²) in [5.41, 5.74) is 0.380. The molecule has 12 heteroatoms. The summed E-state index contributed by atoms with van der Waals surface area (Å²) in [5.74, 6) is -1.36. The van der Waals surface area contributed by atoms with Crippen LogP contribution in [0.15, 0.2) is 56.6 Å². The predicted molar refractivity (Wildman–Crippen MR) is 110 cm³/mol. The van der Waals surface area contributed by atoms with Crippen LogP contribution in [0, 0.1) is 10.1 Å². The fourth-order valence-corrected chi connectivity index (χ4v) is 4.97. The molecule has 1 aliphatic heterocycles. The molecule has 0 bridgehead atoms. The van der Waals surface area contributed by atoms with Crippen molar-refractivity contribution in [2.45, 2.75) is 24.3 Å². The monoisotopic (exact) mass is 446 g/mol. The molecular weight excluding hydrogens is 428 g/mol. The number of nitro benzene ring substituents is 1. The van der Waals surface area contributed by atoms with E-state index in [4.69, 9.17) is 4.42 Å². The third kappa shape index (κ3) is 4.07. The molecule has 4 rings (SSSR count). The smallest absolute Gasteiger partial charge is 0.407 e. The highest BCUT2D eigenvalue weighted by Gasteiger charge is 2.27. The van der Waals surface area contributed by atoms with Crippen LogP contribution in [0.5, 0.6) is 0 Å². The van der Waals surface area contributed by atoms with Crippen LogP contribution in [-0.4, -0.2) is 41.2 Å². The van der Waals surface area contributed by atoms with Crippen LogP contribution in [0.1, 0.15) is 12.8 Å². The van der Waals surface area contributed by atoms with Crippen molar-refractivity contribution in [3.05, 3.63) is 63.1 Å². The summed E-state index contributed by atoms with van der Waals surface area (Å²) in [6.45, 7) is 0.617. The largest absolute Gasteiger partial charge is 0.420 e. The average Bonchev–Trinajstić information content (AvgIpc) is 3.37. The Bertz CT molecular complexity index is 1320. The number of rotatable bonds is 6. The van der Waals surface area contributed by atoms with Crippen LogP contribution in [0.2, 0.25) is 0 Å². The molecule has 0 spiro atoms. The van der Waals surface area contributed by atoms with Crippen molar-refractivity contribution < 1.29 is 22.6 Å². The molecule has 0 atom stereocenters. The second-order valence-electron chi connectivity index (χ2n) is 7.05. The first-order valence-electron chi connectivity index (χ1n) is 9.43. The van der Waals surface area contributed by atoms with E-state index in [9.17, 15) is 28.1 Å². The summed E-state index contributed by atoms with van der Waals surface area (Å²) in [7, 11) is -3.55. The van der Waals surface area contributed by atoms with Gasteiger partial charge < -0.3 is 9.73 Å². The molecule has 0 radical (unpaired) electrons. The second kappa shape index (κ2) is 7.96. The van der Waals surface area contributed by atoms with Crippen LogP contribution >= 0.6 is 0 Å². The lowest BCUT2D eigenvalue weighted by Gasteiger charge is -2.15. The highest BCUT2D eigenvalue weighted by atomic mass is 32.2. The zero-order valence-electron chi connectivity index (χ0n) is 16.2. The molecule has 1 aromatic heterocycles. The Labute approximate surface area is 176 Å². The number of carbonyl (C=O) groups excluding carboxylic acids is 1. The molecular formula is C19H18N4O7S. The number of benzene rings is 2. The standard InChI is InChI=1S/C19H18N4O7S/c24-18(12-22-16-8-5-14(23(26)27)11-17(16)30-19(22)25)20-13-3-6-15(7-4-13)31(28,29)21-9-1-2-10-21/h3-8,11H,1-2,9-10,12H2,(H,20,24). The number of nitrogens with zero attached hydrogens (tertiary/aromatic N) is 3. The lowest BCUT2D eigenvalue weighted by Crippen LogP contribution is -2.28. The maximum absolute atomic E-state index is 12.6. The number of carbonyl (C=O) groups is 1. The van der Waals surface area contributed by atoms with Gasteiger partial charge in [-0.15, -0.1) is 0 Å². The Morgan fingerprint density at radius 2 is 1.81 bits per heavy atom. The number of anilines is 1. The molecule has 31 heavy (non-hydrogen) atoms. The molecule has 0 saturated carbocycles. The predicted octanol–water partition coefficient (Wildman–Crippen LogP) is 1.93. The molecule has 162 valence electrons. The second-order valence-corrected chi connectivity index (χ2v) is 8.98. The fourth-order valence-electron chi connectivity index (χ4n) is 3.45. The van der Waals surface area contributed by atoms with Gasteiger partial charge in [-0.05, 0) is 43.2 Å². The lowest BCUT2D eigenvalue weighted by atomic mass is 10.3. The van der Waals surface area contributed by atoms with Crippen molar-refractivity contribution in [1.29, 1.82) is 0 Å². The van der Waals surface area contributed by atoms with Gasteiger partial charge >= 0.3 is 5.76 Å². The van der Waals surface area contributed by atoms with Gasteiger partial charge in [0.15, 0.2) is 5.58 Å². The summed E-state index contributed by atoms with van der Waals surface area (Å²) < 4.78 is 32.6. The summed E-state index contributed by atoms with van der Waals surface area (Å²) in [4.78, 5) is 34.8. The lowest BCUT2D eigenvalue weighted by molar-refractivity contribution is -0.384. The average molecular weight is 446 g/mol. The Morgan fingerprint density at radius 1 is 1.13 bits per heavy atom. The number of amides is 1. The summed E-state index contributed by atoms with van der Waals surface area (Å²) in [5, 5.41) is 13.4. The molecule has 0 unspecified atom stereocenters. The van der Waals surface area contributed by atoms with Gasteiger partial charge in [0.25, 0.3) is 5.69 Å². The Hall–Kier alpha value is -3.51. The molecule has 1 saturated heterocycles. The minimum absolute atomic E-state index is 0.00322. The van der Waals surface area contributed by atoms with Crippen LogP contribution in [0.25, 0.3) is 11.1 Å². The number of hydrogen-bond donors (Lipinski definition) is 1. The first kappa shape index (κ1) is 20.8. The molecule has 2 heterocycles. The molecule has 1 fully saturated rings. The number of hydrogen-bond acceptors (Lipinski definition) is 7. The maximum Gasteiger partial charge on any atom is 0.420 e. The number of aromatic nitrogens is 1. The molecule has 1 N–H and O–H groups in total. The van der Waals surface area contributed by atoms with Crippen molar-refractivity contribution in [2.24, 2.45) is 0 Å². The zero-order valence-corrected chi connectivity index (χ0v) is 17.0. The van der Waals surface area contributed by atoms with E-state index in [0.717, 1.165) is 23.5 Å². The first-order chi connectivity index (χ1) is 14.8. The maximum atomic E-state index is 12.6. The van der Waals surface area contributed by atoms with Crippen LogP contribution in [-0.2, 0) is 21.4 Å². The van der Waals surface area contributed by atoms with Crippen molar-refractivity contribution in [3.8, 4) is 0 Å². The van der Waals surface area contributed by atoms with E-state index in [2.05, 4.69) is 5.32 Å². The normalized spacial score (nSPS) is 14.7. The molecule has 0 aliphatic carbocycles. The number of fused-ring (bicyclic) bond motifs is 1. The minimum Gasteiger partial charge on any atom is -0.407 e. The van der Waals surface area contributed by atoms with Crippen molar-refractivity contribution in [2.75, 3.05) is 18.4 Å². The van der Waals surface area contributed by atoms with Crippen LogP contribution in [0.4, 0.5) is 11.4 Å². The van der Waals surface area contributed by atoms with E-state index in [0.29, 0.717) is 18.8 Å². The number of oxazole rings is 1. The summed E-state index contributed by atoms with van der Waals surface area (Å²) >= 11 is 0. The van der Waals surface area contributed by atoms with Gasteiger partial charge in [0.1, 0.15) is 6.54 Å². The van der Waals surface area contributed by atoms with Crippen molar-refractivity contribution in [1.82, 2.24) is 8.87 Å². The zero-order chi connectivity index (χ0) is 22.2. The fraction of sp³-hybridized carbons (Fsp3) is 0.263. The Balaban J connectivity index is 1.48. The summed E-state index contributed by atoms with van der Waals surface area (Å²) in [6.07, 6.45) is 1.67. The SMILES string of the molecule is O=C(Cn1c(=O)oc2cc([N+](=O)[O-])ccc21)Nc1ccc(S(=O)(=O)N2CCCC2)cc1. The third-order valence-electron chi connectivity index (χ3n) is 5.01. The quantitative estimate of drug-likeness (QED) is 0.450. The molecule has 3 aromatic rings. The third-order valence-corrected chi connectivity index (χ3v) is 6.92. The minimum atomic E-state index is -3.55. The van der Waals surface area contributed by atoms with Gasteiger partial charge in [-0.2, -0.15) is 4.31 Å². The van der Waals surface area contributed by atoms with Crippen LogP contribution < -0.4 is 11.1 Å². The van der Waals surface area contributed by atoms with E-state index in [1.54, 1.807) is 0 Å². The molecule has 2 aromatic carbocycles. The van der Waals surface area contributed by atoms with Gasteiger partial charge in [0.2, 0.25) is 15.9 Å². The van der Waals surface area contributed by atoms with Gasteiger partial charge in [0, 0.05) is 24.8 Å². The van der Waals surface area contributed by atoms with E-state index in [1.807, 2.05) is 0 Å². The van der Waals surface area contributed by atoms with E-state index in [1.165, 1.54) is 40.7 Å². The molecule has 1 amide bonds. The van der Waals surface area contributed by atoms with Crippen molar-refractivity contribution >= 4 is 38.4 Å². The van der Waals surface area contributed by atoms with Crippen LogP contribution in [0.3, 0.4) is 0 Å².